The third kappa shape index (κ3) is 19.1. The zero-order valence-electron chi connectivity index (χ0n) is 63.5. The Hall–Kier alpha value is -9.12. The number of piperidine rings is 3. The van der Waals surface area contributed by atoms with E-state index in [1.807, 2.05) is 18.2 Å². The molecule has 6 atom stereocenters. The summed E-state index contributed by atoms with van der Waals surface area (Å²) < 4.78 is 3.44. The Bertz CT molecular complexity index is 4320. The molecule has 27 heteroatoms. The molecule has 15 rings (SSSR count). The lowest BCUT2D eigenvalue weighted by Crippen LogP contribution is -2.46. The third-order valence-corrected chi connectivity index (χ3v) is 24.6. The van der Waals surface area contributed by atoms with Crippen molar-refractivity contribution in [1.82, 2.24) is 59.3 Å². The number of pyridine rings is 3. The number of likely N-dealkylation sites (N-methyl/N-ethyl adjacent to an activating group) is 3. The lowest BCUT2D eigenvalue weighted by Gasteiger charge is -2.38. The first-order chi connectivity index (χ1) is 51.8. The van der Waals surface area contributed by atoms with Crippen LogP contribution in [0.5, 0.6) is 0 Å². The fourth-order valence-electron chi connectivity index (χ4n) is 14.8. The predicted octanol–water partition coefficient (Wildman–Crippen LogP) is 12.6. The number of hydrogen-bond acceptors (Lipinski definition) is 21. The number of nitrogen functional groups attached to an aromatic ring is 3. The highest BCUT2D eigenvalue weighted by Crippen LogP contribution is 2.46. The van der Waals surface area contributed by atoms with Crippen molar-refractivity contribution in [2.24, 2.45) is 17.8 Å². The fraction of sp³-hybridized carbons (Fsp3) is 0.481. The molecule has 6 aliphatic rings. The molecule has 9 aromatic rings. The van der Waals surface area contributed by atoms with Crippen LogP contribution in [0.25, 0.3) is 30.6 Å². The zero-order chi connectivity index (χ0) is 76.2. The minimum Gasteiger partial charge on any atom is -0.383 e. The highest BCUT2D eigenvalue weighted by molar-refractivity contribution is 7.19. The van der Waals surface area contributed by atoms with Crippen molar-refractivity contribution >= 4 is 135 Å². The van der Waals surface area contributed by atoms with Crippen molar-refractivity contribution in [2.75, 3.05) is 115 Å². The summed E-state index contributed by atoms with van der Waals surface area (Å²) in [4.78, 5) is 118. The molecule has 0 radical (unpaired) electrons. The number of benzene rings is 3. The van der Waals surface area contributed by atoms with Crippen LogP contribution in [0, 0.1) is 17.8 Å². The van der Waals surface area contributed by atoms with E-state index in [1.165, 1.54) is 18.6 Å². The van der Waals surface area contributed by atoms with E-state index in [0.29, 0.717) is 89.7 Å². The van der Waals surface area contributed by atoms with Crippen molar-refractivity contribution in [3.63, 3.8) is 0 Å². The van der Waals surface area contributed by atoms with Gasteiger partial charge in [0.1, 0.15) is 17.5 Å². The van der Waals surface area contributed by atoms with Crippen molar-refractivity contribution in [3.05, 3.63) is 140 Å². The van der Waals surface area contributed by atoms with Crippen molar-refractivity contribution < 1.29 is 28.8 Å². The Balaban J connectivity index is 0.000000143. The van der Waals surface area contributed by atoms with Crippen molar-refractivity contribution in [1.29, 1.82) is 0 Å². The van der Waals surface area contributed by atoms with Gasteiger partial charge in [-0.3, -0.25) is 28.8 Å². The molecule has 3 aliphatic carbocycles. The summed E-state index contributed by atoms with van der Waals surface area (Å²) in [6, 6.07) is 23.9. The minimum atomic E-state index is -0.636. The zero-order valence-corrected chi connectivity index (χ0v) is 65.9. The van der Waals surface area contributed by atoms with E-state index in [9.17, 15) is 28.8 Å². The van der Waals surface area contributed by atoms with Gasteiger partial charge in [-0.05, 0) is 243 Å². The average Bonchev–Trinajstić information content (AvgIpc) is 1.76. The Morgan fingerprint density at radius 2 is 0.667 bits per heavy atom. The van der Waals surface area contributed by atoms with Crippen molar-refractivity contribution in [2.45, 2.75) is 153 Å². The third-order valence-electron chi connectivity index (χ3n) is 21.3. The Morgan fingerprint density at radius 3 is 0.917 bits per heavy atom. The lowest BCUT2D eigenvalue weighted by atomic mass is 9.89. The molecule has 0 spiro atoms. The van der Waals surface area contributed by atoms with E-state index in [-0.39, 0.29) is 18.1 Å². The number of aromatic nitrogens is 6. The molecular formula is C81H102N18O6S3. The van der Waals surface area contributed by atoms with Gasteiger partial charge in [0.2, 0.25) is 0 Å². The number of nitrogens with one attached hydrogen (secondary N) is 3. The molecule has 3 aliphatic heterocycles. The first kappa shape index (κ1) is 77.1. The lowest BCUT2D eigenvalue weighted by molar-refractivity contribution is -0.146. The van der Waals surface area contributed by atoms with Gasteiger partial charge in [0, 0.05) is 58.5 Å². The molecule has 6 fully saturated rings. The normalized spacial score (nSPS) is 20.2. The average molecular weight is 1520 g/mol. The molecule has 6 aromatic heterocycles. The largest absolute Gasteiger partial charge is 0.383 e. The number of likely N-dealkylation sites (tertiary alicyclic amines) is 3. The maximum atomic E-state index is 13.4. The van der Waals surface area contributed by atoms with Crippen LogP contribution in [-0.4, -0.2) is 176 Å². The second-order valence-corrected chi connectivity index (χ2v) is 34.8. The summed E-state index contributed by atoms with van der Waals surface area (Å²) >= 11 is 5.16. The first-order valence-electron chi connectivity index (χ1n) is 38.1. The van der Waals surface area contributed by atoms with Crippen molar-refractivity contribution in [3.8, 4) is 0 Å². The van der Waals surface area contributed by atoms with Crippen LogP contribution in [0.3, 0.4) is 0 Å². The van der Waals surface area contributed by atoms with Crippen LogP contribution < -0.4 is 33.2 Å². The number of thiazole rings is 3. The second kappa shape index (κ2) is 33.8. The van der Waals surface area contributed by atoms with Crippen LogP contribution in [0.4, 0.5) is 34.5 Å². The monoisotopic (exact) mass is 1520 g/mol. The molecule has 3 saturated carbocycles. The van der Waals surface area contributed by atoms with Gasteiger partial charge in [-0.25, -0.2) is 29.9 Å². The molecule has 3 saturated heterocycles. The van der Waals surface area contributed by atoms with E-state index in [1.54, 1.807) is 48.7 Å². The number of fused-ring (bicyclic) bond motifs is 3. The Labute approximate surface area is 644 Å². The first-order valence-corrected chi connectivity index (χ1v) is 40.5. The highest BCUT2D eigenvalue weighted by Gasteiger charge is 2.39. The molecule has 570 valence electrons. The van der Waals surface area contributed by atoms with E-state index < -0.39 is 35.4 Å². The van der Waals surface area contributed by atoms with Crippen LogP contribution in [0.1, 0.15) is 182 Å². The number of rotatable bonds is 18. The van der Waals surface area contributed by atoms with Gasteiger partial charge in [0.25, 0.3) is 0 Å². The molecule has 0 unspecified atom stereocenters. The topological polar surface area (TPSA) is 313 Å². The molecule has 6 amide bonds. The number of nitrogens with two attached hydrogens (primary N) is 3. The summed E-state index contributed by atoms with van der Waals surface area (Å²) in [6.45, 7) is 10.9. The Morgan fingerprint density at radius 1 is 0.398 bits per heavy atom. The molecule has 0 bridgehead atoms. The fourth-order valence-corrected chi connectivity index (χ4v) is 17.6. The van der Waals surface area contributed by atoms with Gasteiger partial charge >= 0.3 is 35.4 Å². The number of carbonyl (C=O) groups excluding carboxylic acids is 6. The van der Waals surface area contributed by atoms with E-state index in [4.69, 9.17) is 32.2 Å². The van der Waals surface area contributed by atoms with Gasteiger partial charge in [-0.15, -0.1) is 34.0 Å². The van der Waals surface area contributed by atoms with Gasteiger partial charge in [-0.1, -0.05) is 39.0 Å². The molecule has 24 nitrogen and oxygen atoms in total. The summed E-state index contributed by atoms with van der Waals surface area (Å²) in [5, 5.41) is 11.6. The summed E-state index contributed by atoms with van der Waals surface area (Å²) in [5.41, 5.74) is 28.4. The maximum absolute atomic E-state index is 13.4. The number of amides is 6. The molecular weight excluding hydrogens is 1420 g/mol. The molecule has 108 heavy (non-hydrogen) atoms. The number of hydrogen-bond donors (Lipinski definition) is 6. The quantitative estimate of drug-likeness (QED) is 0.0435. The van der Waals surface area contributed by atoms with Crippen LogP contribution in [-0.2, 0) is 48.0 Å². The number of anilines is 6. The minimum absolute atomic E-state index is 0.151. The van der Waals surface area contributed by atoms with Gasteiger partial charge in [0.05, 0.1) is 99.5 Å². The molecule has 9 heterocycles. The predicted molar refractivity (Wildman–Crippen MR) is 432 cm³/mol. The van der Waals surface area contributed by atoms with Crippen LogP contribution in [0.15, 0.2) is 91.4 Å². The molecule has 3 aromatic carbocycles. The number of carbonyl (C=O) groups is 6. The van der Waals surface area contributed by atoms with Crippen LogP contribution >= 0.6 is 34.0 Å². The summed E-state index contributed by atoms with van der Waals surface area (Å²) in [7, 11) is 12.4. The molecule has 9 N–H and O–H groups in total. The standard InChI is InChI=1S/3C27H34N6O2S/c3*1-16-4-8-22(18-7-9-23-21(12-18)31-24(36-23)10-11-32(2)3)33(15-16)27(35)26(34)30-19-13-20(17-5-6-17)25(28)29-14-19/h3*7,9,12-14,16-17,22H,4-6,8,10-11,15H2,1-3H3,(H2,28,29)(H,30,34)/t3*16-,22+/m110/s1. The van der Waals surface area contributed by atoms with Gasteiger partial charge < -0.3 is 62.6 Å². The van der Waals surface area contributed by atoms with Gasteiger partial charge in [0.15, 0.2) is 0 Å². The van der Waals surface area contributed by atoms with Gasteiger partial charge in [-0.2, -0.15) is 0 Å². The smallest absolute Gasteiger partial charge is 0.313 e. The van der Waals surface area contributed by atoms with E-state index in [2.05, 4.69) is 163 Å². The van der Waals surface area contributed by atoms with Crippen LogP contribution in [0.2, 0.25) is 0 Å². The van der Waals surface area contributed by atoms with E-state index in [0.717, 1.165) is 195 Å². The maximum Gasteiger partial charge on any atom is 0.313 e. The van der Waals surface area contributed by atoms with E-state index >= 15 is 0 Å². The number of nitrogens with zero attached hydrogens (tertiary/aromatic N) is 12. The summed E-state index contributed by atoms with van der Waals surface area (Å²) in [5.74, 6) is 0.245. The SMILES string of the molecule is C[C@@H]1CC[C@@H](c2ccc3sc(CCN(C)C)nc3c2)N(C(=O)C(=O)Nc2cnc(N)c(C3CC3)c2)C1.C[C@@H]1CC[C@@H](c2ccc3sc(CCN(C)C)nc3c2)N(C(=O)C(=O)Nc2cnc(N)c(C3CC3)c2)C1.C[C@H]1CC[C@H](c2ccc3sc(CCN(C)C)nc3c2)N(C(=O)C(=O)Nc2cnc(N)c(C3CC3)c2)C1. The Kier molecular flexibility index (Phi) is 24.1. The summed E-state index contributed by atoms with van der Waals surface area (Å²) in [6.07, 6.45) is 19.2. The highest BCUT2D eigenvalue weighted by atomic mass is 32.1. The second-order valence-electron chi connectivity index (χ2n) is 31.4.